The van der Waals surface area contributed by atoms with Crippen molar-refractivity contribution in [1.82, 2.24) is 20.1 Å². The van der Waals surface area contributed by atoms with Gasteiger partial charge in [0.05, 0.1) is 13.2 Å². The van der Waals surface area contributed by atoms with Crippen LogP contribution < -0.4 is 10.1 Å². The molecule has 36 heavy (non-hydrogen) atoms. The van der Waals surface area contributed by atoms with Gasteiger partial charge in [0, 0.05) is 21.5 Å². The summed E-state index contributed by atoms with van der Waals surface area (Å²) >= 11 is 4.97. The van der Waals surface area contributed by atoms with E-state index >= 15 is 0 Å². The Morgan fingerprint density at radius 1 is 1.03 bits per heavy atom. The van der Waals surface area contributed by atoms with Crippen molar-refractivity contribution in [2.45, 2.75) is 37.2 Å². The molecule has 0 spiro atoms. The van der Waals surface area contributed by atoms with Gasteiger partial charge in [0.2, 0.25) is 0 Å². The SMILES string of the molecule is CCCCOc1ccc(C(=O)NCc2nnc(SCc3ccc(Br)cc3)n2-c2ccc(F)cc2)cc1. The van der Waals surface area contributed by atoms with Crippen LogP contribution >= 0.6 is 27.7 Å². The minimum atomic E-state index is -0.326. The Bertz CT molecular complexity index is 1280. The molecule has 0 aliphatic rings. The maximum atomic E-state index is 13.6. The monoisotopic (exact) mass is 568 g/mol. The molecule has 0 fully saturated rings. The lowest BCUT2D eigenvalue weighted by atomic mass is 10.2. The molecular weight excluding hydrogens is 543 g/mol. The van der Waals surface area contributed by atoms with Gasteiger partial charge in [-0.25, -0.2) is 4.39 Å². The van der Waals surface area contributed by atoms with Crippen LogP contribution in [0.4, 0.5) is 4.39 Å². The number of amides is 1. The van der Waals surface area contributed by atoms with Gasteiger partial charge in [-0.15, -0.1) is 10.2 Å². The summed E-state index contributed by atoms with van der Waals surface area (Å²) in [5, 5.41) is 12.2. The highest BCUT2D eigenvalue weighted by Gasteiger charge is 2.16. The molecule has 6 nitrogen and oxygen atoms in total. The summed E-state index contributed by atoms with van der Waals surface area (Å²) in [4.78, 5) is 12.8. The lowest BCUT2D eigenvalue weighted by Crippen LogP contribution is -2.24. The van der Waals surface area contributed by atoms with E-state index in [2.05, 4.69) is 38.4 Å². The number of hydrogen-bond acceptors (Lipinski definition) is 5. The van der Waals surface area contributed by atoms with E-state index in [4.69, 9.17) is 4.74 Å². The fourth-order valence-corrected chi connectivity index (χ4v) is 4.58. The zero-order valence-corrected chi connectivity index (χ0v) is 22.2. The van der Waals surface area contributed by atoms with Crippen molar-refractivity contribution in [1.29, 1.82) is 0 Å². The molecule has 186 valence electrons. The third kappa shape index (κ3) is 6.95. The largest absolute Gasteiger partial charge is 0.494 e. The minimum absolute atomic E-state index is 0.163. The summed E-state index contributed by atoms with van der Waals surface area (Å²) in [6.07, 6.45) is 2.05. The number of rotatable bonds is 11. The third-order valence-corrected chi connectivity index (χ3v) is 6.89. The number of unbranched alkanes of at least 4 members (excludes halogenated alkanes) is 1. The van der Waals surface area contributed by atoms with Gasteiger partial charge in [0.1, 0.15) is 11.6 Å². The van der Waals surface area contributed by atoms with Gasteiger partial charge in [0.15, 0.2) is 11.0 Å². The van der Waals surface area contributed by atoms with Gasteiger partial charge in [-0.05, 0) is 72.6 Å². The number of benzene rings is 3. The van der Waals surface area contributed by atoms with E-state index in [0.29, 0.717) is 28.9 Å². The van der Waals surface area contributed by atoms with Crippen molar-refractivity contribution in [2.75, 3.05) is 6.61 Å². The number of hydrogen-bond donors (Lipinski definition) is 1. The summed E-state index contributed by atoms with van der Waals surface area (Å²) in [5.74, 6) is 1.42. The number of aromatic nitrogens is 3. The first-order valence-electron chi connectivity index (χ1n) is 11.6. The normalized spacial score (nSPS) is 10.9. The molecule has 0 bridgehead atoms. The number of nitrogens with zero attached hydrogens (tertiary/aromatic N) is 3. The second kappa shape index (κ2) is 12.7. The van der Waals surface area contributed by atoms with Crippen LogP contribution in [0.1, 0.15) is 41.5 Å². The van der Waals surface area contributed by atoms with E-state index in [1.165, 1.54) is 23.9 Å². The van der Waals surface area contributed by atoms with E-state index in [9.17, 15) is 9.18 Å². The lowest BCUT2D eigenvalue weighted by molar-refractivity contribution is 0.0949. The van der Waals surface area contributed by atoms with Gasteiger partial charge in [-0.3, -0.25) is 9.36 Å². The maximum absolute atomic E-state index is 13.6. The first-order valence-corrected chi connectivity index (χ1v) is 13.4. The molecule has 1 amide bonds. The zero-order chi connectivity index (χ0) is 25.3. The summed E-state index contributed by atoms with van der Waals surface area (Å²) < 4.78 is 22.1. The molecule has 0 unspecified atom stereocenters. The zero-order valence-electron chi connectivity index (χ0n) is 19.8. The first kappa shape index (κ1) is 25.9. The van der Waals surface area contributed by atoms with Crippen LogP contribution in [-0.4, -0.2) is 27.3 Å². The standard InChI is InChI=1S/C27H26BrFN4O2S/c1-2-3-16-35-24-14-6-20(7-15-24)26(34)30-17-25-31-32-27(33(25)23-12-10-22(29)11-13-23)36-18-19-4-8-21(28)9-5-19/h4-15H,2-3,16-18H2,1H3,(H,30,34). The Morgan fingerprint density at radius 3 is 2.44 bits per heavy atom. The molecule has 0 atom stereocenters. The Balaban J connectivity index is 1.47. The van der Waals surface area contributed by atoms with Crippen LogP contribution in [0.25, 0.3) is 5.69 Å². The summed E-state index contributed by atoms with van der Waals surface area (Å²) in [6, 6.07) is 21.3. The highest BCUT2D eigenvalue weighted by molar-refractivity contribution is 9.10. The molecule has 0 saturated heterocycles. The second-order valence-electron chi connectivity index (χ2n) is 8.03. The van der Waals surface area contributed by atoms with Crippen LogP contribution in [0.15, 0.2) is 82.4 Å². The fraction of sp³-hybridized carbons (Fsp3) is 0.222. The van der Waals surface area contributed by atoms with E-state index in [-0.39, 0.29) is 18.3 Å². The van der Waals surface area contributed by atoms with Crippen molar-refractivity contribution in [2.24, 2.45) is 0 Å². The molecule has 9 heteroatoms. The smallest absolute Gasteiger partial charge is 0.251 e. The predicted octanol–water partition coefficient (Wildman–Crippen LogP) is 6.57. The number of thioether (sulfide) groups is 1. The molecular formula is C27H26BrFN4O2S. The summed E-state index contributed by atoms with van der Waals surface area (Å²) in [7, 11) is 0. The Morgan fingerprint density at radius 2 is 1.75 bits per heavy atom. The molecule has 3 aromatic carbocycles. The summed E-state index contributed by atoms with van der Waals surface area (Å²) in [5.41, 5.74) is 2.38. The van der Waals surface area contributed by atoms with Gasteiger partial charge in [-0.2, -0.15) is 0 Å². The maximum Gasteiger partial charge on any atom is 0.251 e. The van der Waals surface area contributed by atoms with E-state index in [0.717, 1.165) is 34.3 Å². The van der Waals surface area contributed by atoms with Gasteiger partial charge in [-0.1, -0.05) is 53.2 Å². The van der Waals surface area contributed by atoms with Crippen molar-refractivity contribution >= 4 is 33.6 Å². The molecule has 1 aromatic heterocycles. The topological polar surface area (TPSA) is 69.0 Å². The number of carbonyl (C=O) groups is 1. The van der Waals surface area contributed by atoms with Crippen LogP contribution in [0.5, 0.6) is 5.75 Å². The number of carbonyl (C=O) groups excluding carboxylic acids is 1. The lowest BCUT2D eigenvalue weighted by Gasteiger charge is -2.11. The number of halogens is 2. The van der Waals surface area contributed by atoms with Crippen molar-refractivity contribution in [3.63, 3.8) is 0 Å². The predicted molar refractivity (Wildman–Crippen MR) is 143 cm³/mol. The second-order valence-corrected chi connectivity index (χ2v) is 9.89. The van der Waals surface area contributed by atoms with Crippen molar-refractivity contribution in [3.8, 4) is 11.4 Å². The first-order chi connectivity index (χ1) is 17.5. The fourth-order valence-electron chi connectivity index (χ4n) is 3.38. The third-order valence-electron chi connectivity index (χ3n) is 5.36. The highest BCUT2D eigenvalue weighted by atomic mass is 79.9. The van der Waals surface area contributed by atoms with Gasteiger partial charge in [0.25, 0.3) is 5.91 Å². The van der Waals surface area contributed by atoms with Crippen LogP contribution in [0.2, 0.25) is 0 Å². The average molecular weight is 570 g/mol. The van der Waals surface area contributed by atoms with Crippen LogP contribution in [0.3, 0.4) is 0 Å². The summed E-state index contributed by atoms with van der Waals surface area (Å²) in [6.45, 7) is 2.93. The van der Waals surface area contributed by atoms with E-state index < -0.39 is 0 Å². The average Bonchev–Trinajstić information content (AvgIpc) is 3.30. The quantitative estimate of drug-likeness (QED) is 0.164. The number of ether oxygens (including phenoxy) is 1. The molecule has 0 saturated carbocycles. The highest BCUT2D eigenvalue weighted by Crippen LogP contribution is 2.26. The molecule has 1 heterocycles. The molecule has 0 radical (unpaired) electrons. The minimum Gasteiger partial charge on any atom is -0.494 e. The van der Waals surface area contributed by atoms with Gasteiger partial charge < -0.3 is 10.1 Å². The molecule has 0 aliphatic carbocycles. The van der Waals surface area contributed by atoms with E-state index in [1.54, 1.807) is 36.4 Å². The van der Waals surface area contributed by atoms with Crippen molar-refractivity contribution in [3.05, 3.63) is 100 Å². The molecule has 1 N–H and O–H groups in total. The van der Waals surface area contributed by atoms with Crippen LogP contribution in [-0.2, 0) is 12.3 Å². The van der Waals surface area contributed by atoms with E-state index in [1.807, 2.05) is 28.8 Å². The number of nitrogens with one attached hydrogen (secondary N) is 1. The molecule has 4 aromatic rings. The Labute approximate surface area is 222 Å². The van der Waals surface area contributed by atoms with Crippen molar-refractivity contribution < 1.29 is 13.9 Å². The Kier molecular flexibility index (Phi) is 9.13. The van der Waals surface area contributed by atoms with Gasteiger partial charge >= 0.3 is 0 Å². The Hall–Kier alpha value is -3.17. The van der Waals surface area contributed by atoms with Crippen LogP contribution in [0, 0.1) is 5.82 Å². The molecule has 0 aliphatic heterocycles. The molecule has 4 rings (SSSR count).